The minimum absolute atomic E-state index is 0.0358. The van der Waals surface area contributed by atoms with Crippen molar-refractivity contribution in [2.75, 3.05) is 16.8 Å². The lowest BCUT2D eigenvalue weighted by Crippen LogP contribution is -2.32. The van der Waals surface area contributed by atoms with E-state index in [1.54, 1.807) is 48.5 Å². The maximum Gasteiger partial charge on any atom is 0.338 e. The van der Waals surface area contributed by atoms with Gasteiger partial charge < -0.3 is 10.1 Å². The molecule has 0 aliphatic carbocycles. The zero-order valence-corrected chi connectivity index (χ0v) is 16.2. The summed E-state index contributed by atoms with van der Waals surface area (Å²) in [7, 11) is 0. The van der Waals surface area contributed by atoms with Crippen LogP contribution in [0.15, 0.2) is 59.3 Å². The van der Waals surface area contributed by atoms with E-state index in [1.807, 2.05) is 13.8 Å². The van der Waals surface area contributed by atoms with Crippen LogP contribution in [-0.4, -0.2) is 24.4 Å². The molecule has 0 atom stereocenters. The molecule has 3 rings (SSSR count). The van der Waals surface area contributed by atoms with Crippen molar-refractivity contribution in [2.45, 2.75) is 20.3 Å². The molecule has 6 nitrogen and oxygen atoms in total. The fourth-order valence-electron chi connectivity index (χ4n) is 2.69. The van der Waals surface area contributed by atoms with Crippen LogP contribution in [0.3, 0.4) is 0 Å². The lowest BCUT2D eigenvalue weighted by atomic mass is 10.2. The maximum atomic E-state index is 12.8. The summed E-state index contributed by atoms with van der Waals surface area (Å²) in [5, 5.41) is 2.66. The van der Waals surface area contributed by atoms with Crippen LogP contribution in [0.1, 0.15) is 29.3 Å². The van der Waals surface area contributed by atoms with Crippen LogP contribution >= 0.6 is 11.6 Å². The molecule has 1 N–H and O–H groups in total. The average Bonchev–Trinajstić information content (AvgIpc) is 2.90. The number of hydrogen-bond donors (Lipinski definition) is 1. The third-order valence-corrected chi connectivity index (χ3v) is 4.48. The molecule has 1 aliphatic heterocycles. The molecular formula is C21H19ClN2O4. The molecule has 0 saturated carbocycles. The second-order valence-electron chi connectivity index (χ2n) is 6.31. The highest BCUT2D eigenvalue weighted by Crippen LogP contribution is 2.30. The van der Waals surface area contributed by atoms with E-state index in [2.05, 4.69) is 5.32 Å². The van der Waals surface area contributed by atoms with Gasteiger partial charge in [0.2, 0.25) is 0 Å². The summed E-state index contributed by atoms with van der Waals surface area (Å²) in [4.78, 5) is 38.3. The molecule has 0 unspecified atom stereocenters. The van der Waals surface area contributed by atoms with E-state index >= 15 is 0 Å². The summed E-state index contributed by atoms with van der Waals surface area (Å²) in [6.07, 6.45) is 0.720. The van der Waals surface area contributed by atoms with Gasteiger partial charge in [-0.2, -0.15) is 0 Å². The van der Waals surface area contributed by atoms with Crippen molar-refractivity contribution in [1.82, 2.24) is 0 Å². The van der Waals surface area contributed by atoms with Gasteiger partial charge in [-0.1, -0.05) is 42.3 Å². The largest absolute Gasteiger partial charge is 0.462 e. The Morgan fingerprint density at radius 3 is 2.50 bits per heavy atom. The van der Waals surface area contributed by atoms with E-state index in [1.165, 1.54) is 0 Å². The normalized spacial score (nSPS) is 13.9. The number of ether oxygens (including phenoxy) is 1. The van der Waals surface area contributed by atoms with Crippen molar-refractivity contribution in [3.8, 4) is 0 Å². The van der Waals surface area contributed by atoms with Gasteiger partial charge in [-0.3, -0.25) is 9.59 Å². The van der Waals surface area contributed by atoms with E-state index < -0.39 is 17.8 Å². The van der Waals surface area contributed by atoms with E-state index in [4.69, 9.17) is 16.3 Å². The average molecular weight is 399 g/mol. The minimum Gasteiger partial charge on any atom is -0.462 e. The van der Waals surface area contributed by atoms with E-state index in [9.17, 15) is 14.4 Å². The number of esters is 1. The third kappa shape index (κ3) is 3.92. The monoisotopic (exact) mass is 398 g/mol. The SMILES string of the molecule is CCCOC(=O)c1cccc(NC2=C(Cl)C(=O)N(c3ccc(C)cc3)C2=O)c1. The smallest absolute Gasteiger partial charge is 0.338 e. The van der Waals surface area contributed by atoms with Crippen LogP contribution in [-0.2, 0) is 14.3 Å². The van der Waals surface area contributed by atoms with Gasteiger partial charge in [0.05, 0.1) is 17.9 Å². The summed E-state index contributed by atoms with van der Waals surface area (Å²) < 4.78 is 5.11. The fourth-order valence-corrected chi connectivity index (χ4v) is 2.90. The maximum absolute atomic E-state index is 12.8. The number of aryl methyl sites for hydroxylation is 1. The number of anilines is 2. The molecule has 0 saturated heterocycles. The van der Waals surface area contributed by atoms with Gasteiger partial charge in [0, 0.05) is 5.69 Å². The van der Waals surface area contributed by atoms with Crippen molar-refractivity contribution in [3.63, 3.8) is 0 Å². The molecule has 7 heteroatoms. The molecule has 0 bridgehead atoms. The summed E-state index contributed by atoms with van der Waals surface area (Å²) in [6.45, 7) is 4.14. The van der Waals surface area contributed by atoms with Crippen LogP contribution in [0.5, 0.6) is 0 Å². The van der Waals surface area contributed by atoms with Gasteiger partial charge in [0.25, 0.3) is 11.8 Å². The van der Waals surface area contributed by atoms with Gasteiger partial charge in [-0.05, 0) is 43.7 Å². The molecule has 2 aromatic rings. The number of halogens is 1. The zero-order chi connectivity index (χ0) is 20.3. The van der Waals surface area contributed by atoms with Crippen molar-refractivity contribution < 1.29 is 19.1 Å². The van der Waals surface area contributed by atoms with Crippen LogP contribution in [0.2, 0.25) is 0 Å². The predicted molar refractivity (Wildman–Crippen MR) is 107 cm³/mol. The first-order valence-corrected chi connectivity index (χ1v) is 9.19. The van der Waals surface area contributed by atoms with Crippen molar-refractivity contribution >= 4 is 40.8 Å². The lowest BCUT2D eigenvalue weighted by molar-refractivity contribution is -0.120. The van der Waals surface area contributed by atoms with Gasteiger partial charge >= 0.3 is 5.97 Å². The highest BCUT2D eigenvalue weighted by Gasteiger charge is 2.38. The first kappa shape index (κ1) is 19.6. The number of rotatable bonds is 6. The highest BCUT2D eigenvalue weighted by molar-refractivity contribution is 6.53. The highest BCUT2D eigenvalue weighted by atomic mass is 35.5. The number of carbonyl (C=O) groups excluding carboxylic acids is 3. The number of imide groups is 1. The molecule has 1 aliphatic rings. The Labute approximate surface area is 167 Å². The Balaban J connectivity index is 1.82. The molecular weight excluding hydrogens is 380 g/mol. The van der Waals surface area contributed by atoms with Crippen LogP contribution in [0, 0.1) is 6.92 Å². The van der Waals surface area contributed by atoms with Crippen LogP contribution in [0.4, 0.5) is 11.4 Å². The summed E-state index contributed by atoms with van der Waals surface area (Å²) in [5.41, 5.74) is 2.19. The predicted octanol–water partition coefficient (Wildman–Crippen LogP) is 4.00. The van der Waals surface area contributed by atoms with Gasteiger partial charge in [-0.15, -0.1) is 0 Å². The number of nitrogens with one attached hydrogen (secondary N) is 1. The van der Waals surface area contributed by atoms with Crippen molar-refractivity contribution in [3.05, 3.63) is 70.4 Å². The standard InChI is InChI=1S/C21H19ClN2O4/c1-3-11-28-21(27)14-5-4-6-15(12-14)23-18-17(22)19(25)24(20(18)26)16-9-7-13(2)8-10-16/h4-10,12,23H,3,11H2,1-2H3. The fraction of sp³-hybridized carbons (Fsp3) is 0.190. The molecule has 1 heterocycles. The molecule has 0 aromatic heterocycles. The number of benzene rings is 2. The van der Waals surface area contributed by atoms with Crippen LogP contribution in [0.25, 0.3) is 0 Å². The second-order valence-corrected chi connectivity index (χ2v) is 6.69. The zero-order valence-electron chi connectivity index (χ0n) is 15.5. The quantitative estimate of drug-likeness (QED) is 0.588. The number of nitrogens with zero attached hydrogens (tertiary/aromatic N) is 1. The molecule has 0 fully saturated rings. The number of carbonyl (C=O) groups is 3. The molecule has 0 spiro atoms. The molecule has 0 radical (unpaired) electrons. The van der Waals surface area contributed by atoms with Crippen molar-refractivity contribution in [1.29, 1.82) is 0 Å². The van der Waals surface area contributed by atoms with E-state index in [0.29, 0.717) is 23.5 Å². The lowest BCUT2D eigenvalue weighted by Gasteiger charge is -2.15. The molecule has 2 aromatic carbocycles. The molecule has 2 amide bonds. The van der Waals surface area contributed by atoms with E-state index in [0.717, 1.165) is 16.9 Å². The molecule has 28 heavy (non-hydrogen) atoms. The first-order chi connectivity index (χ1) is 13.4. The number of hydrogen-bond acceptors (Lipinski definition) is 5. The molecule has 144 valence electrons. The summed E-state index contributed by atoms with van der Waals surface area (Å²) in [5.74, 6) is -1.62. The van der Waals surface area contributed by atoms with Crippen molar-refractivity contribution in [2.24, 2.45) is 0 Å². The van der Waals surface area contributed by atoms with Gasteiger partial charge in [0.1, 0.15) is 10.7 Å². The Kier molecular flexibility index (Phi) is 5.80. The van der Waals surface area contributed by atoms with Gasteiger partial charge in [-0.25, -0.2) is 9.69 Å². The Morgan fingerprint density at radius 2 is 1.82 bits per heavy atom. The number of amides is 2. The third-order valence-electron chi connectivity index (χ3n) is 4.12. The van der Waals surface area contributed by atoms with Gasteiger partial charge in [0.15, 0.2) is 0 Å². The summed E-state index contributed by atoms with van der Waals surface area (Å²) in [6, 6.07) is 13.5. The Hall–Kier alpha value is -3.12. The Morgan fingerprint density at radius 1 is 1.11 bits per heavy atom. The van der Waals surface area contributed by atoms with Crippen LogP contribution < -0.4 is 10.2 Å². The van der Waals surface area contributed by atoms with E-state index in [-0.39, 0.29) is 10.7 Å². The topological polar surface area (TPSA) is 75.7 Å². The first-order valence-electron chi connectivity index (χ1n) is 8.81. The second kappa shape index (κ2) is 8.27. The minimum atomic E-state index is -0.600. The summed E-state index contributed by atoms with van der Waals surface area (Å²) >= 11 is 6.13. The Bertz CT molecular complexity index is 967.